The molecule has 0 fully saturated rings. The Morgan fingerprint density at radius 3 is 2.09 bits per heavy atom. The van der Waals surface area contributed by atoms with E-state index in [1.54, 1.807) is 0 Å². The summed E-state index contributed by atoms with van der Waals surface area (Å²) in [5, 5.41) is 0. The molecular formula is C8H18IOSi. The molecular weight excluding hydrogens is 267 g/mol. The zero-order chi connectivity index (χ0) is 9.07. The van der Waals surface area contributed by atoms with Crippen molar-refractivity contribution in [2.24, 2.45) is 5.41 Å². The number of hydrogen-bond donors (Lipinski definition) is 0. The molecule has 0 saturated carbocycles. The van der Waals surface area contributed by atoms with Crippen LogP contribution in [-0.4, -0.2) is 13.2 Å². The summed E-state index contributed by atoms with van der Waals surface area (Å²) in [6.07, 6.45) is 1.14. The molecule has 1 unspecified atom stereocenters. The molecule has 0 bridgehead atoms. The van der Waals surface area contributed by atoms with Crippen molar-refractivity contribution in [2.75, 3.05) is 0 Å². The first-order chi connectivity index (χ1) is 4.81. The summed E-state index contributed by atoms with van der Waals surface area (Å²) in [6.45, 7) is 11.1. The van der Waals surface area contributed by atoms with Gasteiger partial charge in [-0.2, -0.15) is 0 Å². The van der Waals surface area contributed by atoms with Gasteiger partial charge >= 0.3 is 0 Å². The summed E-state index contributed by atoms with van der Waals surface area (Å²) in [6, 6.07) is 0. The van der Waals surface area contributed by atoms with Gasteiger partial charge in [0, 0.05) is 0 Å². The minimum absolute atomic E-state index is 0.392. The molecule has 0 N–H and O–H groups in total. The summed E-state index contributed by atoms with van der Waals surface area (Å²) < 4.78 is 6.11. The van der Waals surface area contributed by atoms with E-state index in [0.29, 0.717) is 9.53 Å². The first-order valence-electron chi connectivity index (χ1n) is 3.92. The van der Waals surface area contributed by atoms with E-state index in [4.69, 9.17) is 4.43 Å². The lowest BCUT2D eigenvalue weighted by Crippen LogP contribution is -2.20. The molecule has 11 heavy (non-hydrogen) atoms. The van der Waals surface area contributed by atoms with Gasteiger partial charge < -0.3 is 4.43 Å². The lowest BCUT2D eigenvalue weighted by atomic mass is 9.93. The molecule has 0 aliphatic carbocycles. The Labute approximate surface area is 85.8 Å². The van der Waals surface area contributed by atoms with Crippen molar-refractivity contribution in [3.05, 3.63) is 0 Å². The highest BCUT2D eigenvalue weighted by Gasteiger charge is 2.17. The van der Waals surface area contributed by atoms with E-state index in [0.717, 1.165) is 6.42 Å². The smallest absolute Gasteiger partial charge is 0.206 e. The molecule has 1 nitrogen and oxygen atoms in total. The molecule has 1 radical (unpaired) electrons. The second-order valence-corrected chi connectivity index (χ2v) is 7.64. The summed E-state index contributed by atoms with van der Waals surface area (Å²) in [7, 11) is -0.513. The van der Waals surface area contributed by atoms with E-state index in [1.165, 1.54) is 0 Å². The summed E-state index contributed by atoms with van der Waals surface area (Å²) >= 11 is 2.39. The van der Waals surface area contributed by atoms with Gasteiger partial charge in [-0.3, -0.25) is 0 Å². The van der Waals surface area contributed by atoms with Crippen molar-refractivity contribution in [2.45, 2.75) is 44.4 Å². The maximum absolute atomic E-state index is 5.71. The fourth-order valence-electron chi connectivity index (χ4n) is 0.779. The van der Waals surface area contributed by atoms with E-state index in [-0.39, 0.29) is 0 Å². The van der Waals surface area contributed by atoms with Crippen LogP contribution in [-0.2, 0) is 4.43 Å². The van der Waals surface area contributed by atoms with Crippen molar-refractivity contribution in [1.29, 1.82) is 0 Å². The topological polar surface area (TPSA) is 9.23 Å². The monoisotopic (exact) mass is 285 g/mol. The second kappa shape index (κ2) is 4.82. The number of alkyl halides is 1. The Bertz CT molecular complexity index is 109. The highest BCUT2D eigenvalue weighted by molar-refractivity contribution is 14.1. The third-order valence-electron chi connectivity index (χ3n) is 1.14. The van der Waals surface area contributed by atoms with Crippen LogP contribution in [0.15, 0.2) is 0 Å². The molecule has 0 aromatic carbocycles. The van der Waals surface area contributed by atoms with Gasteiger partial charge in [0.2, 0.25) is 9.04 Å². The molecule has 0 aromatic heterocycles. The lowest BCUT2D eigenvalue weighted by Gasteiger charge is -2.23. The molecule has 3 heteroatoms. The molecule has 1 atom stereocenters. The molecule has 0 amide bonds. The quantitative estimate of drug-likeness (QED) is 0.438. The summed E-state index contributed by atoms with van der Waals surface area (Å²) in [4.78, 5) is 0. The summed E-state index contributed by atoms with van der Waals surface area (Å²) in [5.74, 6) is 0. The van der Waals surface area contributed by atoms with E-state index < -0.39 is 9.04 Å². The van der Waals surface area contributed by atoms with Gasteiger partial charge in [-0.05, 0) is 24.9 Å². The van der Waals surface area contributed by atoms with Gasteiger partial charge in [0.15, 0.2) is 0 Å². The molecule has 0 aliphatic heterocycles. The third kappa shape index (κ3) is 8.82. The van der Waals surface area contributed by atoms with Gasteiger partial charge in [-0.1, -0.05) is 43.4 Å². The highest BCUT2D eigenvalue weighted by Crippen LogP contribution is 2.25. The number of rotatable bonds is 3. The van der Waals surface area contributed by atoms with Crippen molar-refractivity contribution >= 4 is 31.6 Å². The van der Waals surface area contributed by atoms with E-state index in [1.807, 2.05) is 0 Å². The van der Waals surface area contributed by atoms with Crippen molar-refractivity contribution in [1.82, 2.24) is 0 Å². The minimum Gasteiger partial charge on any atom is -0.406 e. The normalized spacial score (nSPS) is 15.5. The number of hydrogen-bond acceptors (Lipinski definition) is 1. The van der Waals surface area contributed by atoms with Crippen LogP contribution in [0.1, 0.15) is 27.2 Å². The average molecular weight is 285 g/mol. The second-order valence-electron chi connectivity index (χ2n) is 4.20. The van der Waals surface area contributed by atoms with Crippen LogP contribution in [0.4, 0.5) is 0 Å². The molecule has 0 spiro atoms. The largest absolute Gasteiger partial charge is 0.406 e. The third-order valence-corrected chi connectivity index (χ3v) is 3.07. The maximum Gasteiger partial charge on any atom is 0.206 e. The highest BCUT2D eigenvalue weighted by atomic mass is 127. The van der Waals surface area contributed by atoms with Crippen LogP contribution in [0.3, 0.4) is 0 Å². The van der Waals surface area contributed by atoms with Gasteiger partial charge in [-0.15, -0.1) is 0 Å². The first-order valence-corrected chi connectivity index (χ1v) is 7.57. The van der Waals surface area contributed by atoms with Crippen molar-refractivity contribution in [3.63, 3.8) is 0 Å². The van der Waals surface area contributed by atoms with Crippen LogP contribution in [0, 0.1) is 5.41 Å². The van der Waals surface area contributed by atoms with Gasteiger partial charge in [0.1, 0.15) is 0 Å². The predicted molar refractivity (Wildman–Crippen MR) is 60.4 cm³/mol. The van der Waals surface area contributed by atoms with Gasteiger partial charge in [-0.25, -0.2) is 0 Å². The lowest BCUT2D eigenvalue weighted by molar-refractivity contribution is 0.231. The van der Waals surface area contributed by atoms with Gasteiger partial charge in [0.05, 0.1) is 4.11 Å². The Balaban J connectivity index is 3.61. The molecule has 0 saturated heterocycles. The van der Waals surface area contributed by atoms with Crippen molar-refractivity contribution < 1.29 is 4.43 Å². The number of halogens is 1. The summed E-state index contributed by atoms with van der Waals surface area (Å²) in [5.41, 5.74) is 0.392. The van der Waals surface area contributed by atoms with Crippen LogP contribution < -0.4 is 0 Å². The minimum atomic E-state index is -0.513. The Hall–Kier alpha value is 0.907. The van der Waals surface area contributed by atoms with Crippen LogP contribution in [0.25, 0.3) is 0 Å². The SMILES string of the molecule is C[Si](C)OC(I)CC(C)(C)C. The molecule has 67 valence electrons. The van der Waals surface area contributed by atoms with Gasteiger partial charge in [0.25, 0.3) is 0 Å². The molecule has 0 heterocycles. The van der Waals surface area contributed by atoms with Crippen LogP contribution >= 0.6 is 22.6 Å². The fourth-order valence-corrected chi connectivity index (χ4v) is 4.22. The van der Waals surface area contributed by atoms with E-state index in [2.05, 4.69) is 56.5 Å². The van der Waals surface area contributed by atoms with E-state index >= 15 is 0 Å². The Morgan fingerprint density at radius 2 is 1.82 bits per heavy atom. The Kier molecular flexibility index (Phi) is 5.21. The molecule has 0 aromatic rings. The maximum atomic E-state index is 5.71. The Morgan fingerprint density at radius 1 is 1.36 bits per heavy atom. The zero-order valence-electron chi connectivity index (χ0n) is 8.07. The predicted octanol–water partition coefficient (Wildman–Crippen LogP) is 3.45. The molecule has 0 rings (SSSR count). The first kappa shape index (κ1) is 11.9. The zero-order valence-corrected chi connectivity index (χ0v) is 11.2. The average Bonchev–Trinajstić information content (AvgIpc) is 1.53. The fraction of sp³-hybridized carbons (Fsp3) is 1.00. The van der Waals surface area contributed by atoms with E-state index in [9.17, 15) is 0 Å². The van der Waals surface area contributed by atoms with Crippen LogP contribution in [0.5, 0.6) is 0 Å². The molecule has 0 aliphatic rings. The standard InChI is InChI=1S/C8H18IOSi/c1-8(2,3)6-7(9)10-11(4)5/h7H,6H2,1-5H3. The van der Waals surface area contributed by atoms with Crippen LogP contribution in [0.2, 0.25) is 13.1 Å². The van der Waals surface area contributed by atoms with Crippen molar-refractivity contribution in [3.8, 4) is 0 Å².